The molecule has 4 unspecified atom stereocenters. The highest BCUT2D eigenvalue weighted by Crippen LogP contribution is 2.47. The summed E-state index contributed by atoms with van der Waals surface area (Å²) in [7, 11) is 2.19. The monoisotopic (exact) mass is 337 g/mol. The summed E-state index contributed by atoms with van der Waals surface area (Å²) in [5, 5.41) is 0. The quantitative estimate of drug-likeness (QED) is 0.801. The lowest BCUT2D eigenvalue weighted by molar-refractivity contribution is -0.162. The molecule has 0 bridgehead atoms. The lowest BCUT2D eigenvalue weighted by Gasteiger charge is -2.48. The van der Waals surface area contributed by atoms with Gasteiger partial charge in [-0.1, -0.05) is 26.2 Å². The number of primary amides is 1. The molecule has 1 aliphatic carbocycles. The normalized spacial score (nSPS) is 40.2. The van der Waals surface area contributed by atoms with E-state index in [1.165, 1.54) is 19.3 Å². The van der Waals surface area contributed by atoms with Gasteiger partial charge < -0.3 is 15.4 Å². The molecule has 5 nitrogen and oxygen atoms in total. The van der Waals surface area contributed by atoms with Gasteiger partial charge in [-0.05, 0) is 38.6 Å². The zero-order valence-electron chi connectivity index (χ0n) is 15.5. The van der Waals surface area contributed by atoms with Gasteiger partial charge in [-0.3, -0.25) is 9.69 Å². The van der Waals surface area contributed by atoms with Crippen LogP contribution >= 0.6 is 0 Å². The minimum atomic E-state index is -0.368. The first-order valence-corrected chi connectivity index (χ1v) is 9.86. The van der Waals surface area contributed by atoms with Crippen molar-refractivity contribution in [3.63, 3.8) is 0 Å². The van der Waals surface area contributed by atoms with Crippen LogP contribution in [0.1, 0.15) is 51.9 Å². The first-order chi connectivity index (χ1) is 11.5. The molecular formula is C19H35N3O2. The number of likely N-dealkylation sites (N-methyl/N-ethyl adjacent to an activating group) is 1. The van der Waals surface area contributed by atoms with Crippen LogP contribution in [0.15, 0.2) is 0 Å². The van der Waals surface area contributed by atoms with Crippen molar-refractivity contribution in [1.82, 2.24) is 9.80 Å². The van der Waals surface area contributed by atoms with Crippen LogP contribution in [0.2, 0.25) is 0 Å². The third-order valence-electron chi connectivity index (χ3n) is 6.84. The fourth-order valence-corrected chi connectivity index (χ4v) is 5.17. The maximum atomic E-state index is 12.4. The van der Waals surface area contributed by atoms with E-state index in [1.807, 2.05) is 0 Å². The Balaban J connectivity index is 1.81. The van der Waals surface area contributed by atoms with Crippen LogP contribution in [0.4, 0.5) is 0 Å². The highest BCUT2D eigenvalue weighted by molar-refractivity contribution is 5.80. The van der Waals surface area contributed by atoms with Crippen LogP contribution in [-0.4, -0.2) is 61.8 Å². The van der Waals surface area contributed by atoms with Crippen molar-refractivity contribution in [3.8, 4) is 0 Å². The van der Waals surface area contributed by atoms with Crippen molar-refractivity contribution < 1.29 is 9.53 Å². The van der Waals surface area contributed by atoms with E-state index in [2.05, 4.69) is 23.8 Å². The second-order valence-corrected chi connectivity index (χ2v) is 8.39. The molecule has 1 saturated carbocycles. The lowest BCUT2D eigenvalue weighted by Crippen LogP contribution is -2.57. The second-order valence-electron chi connectivity index (χ2n) is 8.39. The predicted octanol–water partition coefficient (Wildman–Crippen LogP) is 2.06. The van der Waals surface area contributed by atoms with Gasteiger partial charge in [0.1, 0.15) is 6.23 Å². The van der Waals surface area contributed by atoms with Gasteiger partial charge in [0, 0.05) is 44.1 Å². The number of ether oxygens (including phenoxy) is 1. The number of rotatable bonds is 3. The van der Waals surface area contributed by atoms with Gasteiger partial charge >= 0.3 is 0 Å². The third kappa shape index (κ3) is 3.63. The molecule has 2 N–H and O–H groups in total. The standard InChI is InChI=1S/C19H35N3O2/c1-19(18(20)23)9-5-3-4-8-16(19)15-7-6-14-24-17(15)22-12-10-21(2)11-13-22/h15-17H,3-14H2,1-2H3,(H2,20,23). The first-order valence-electron chi connectivity index (χ1n) is 9.86. The average molecular weight is 338 g/mol. The van der Waals surface area contributed by atoms with Gasteiger partial charge in [-0.15, -0.1) is 0 Å². The minimum Gasteiger partial charge on any atom is -0.369 e. The van der Waals surface area contributed by atoms with E-state index < -0.39 is 0 Å². The van der Waals surface area contributed by atoms with Crippen LogP contribution in [0.5, 0.6) is 0 Å². The van der Waals surface area contributed by atoms with Gasteiger partial charge in [0.15, 0.2) is 0 Å². The number of amides is 1. The Morgan fingerprint density at radius 1 is 1.08 bits per heavy atom. The van der Waals surface area contributed by atoms with Crippen LogP contribution in [0.25, 0.3) is 0 Å². The Morgan fingerprint density at radius 3 is 2.54 bits per heavy atom. The molecule has 0 aromatic carbocycles. The first kappa shape index (κ1) is 18.2. The zero-order chi connectivity index (χ0) is 17.2. The summed E-state index contributed by atoms with van der Waals surface area (Å²) >= 11 is 0. The van der Waals surface area contributed by atoms with E-state index in [9.17, 15) is 4.79 Å². The molecule has 5 heteroatoms. The molecule has 2 aliphatic heterocycles. The SMILES string of the molecule is CN1CCN(C2OCCCC2C2CCCCCC2(C)C(N)=O)CC1. The third-order valence-corrected chi connectivity index (χ3v) is 6.84. The Labute approximate surface area is 146 Å². The lowest BCUT2D eigenvalue weighted by atomic mass is 9.65. The molecule has 2 saturated heterocycles. The number of carbonyl (C=O) groups is 1. The summed E-state index contributed by atoms with van der Waals surface area (Å²) in [6.45, 7) is 7.32. The molecule has 3 fully saturated rings. The van der Waals surface area contributed by atoms with E-state index in [-0.39, 0.29) is 17.6 Å². The van der Waals surface area contributed by atoms with Crippen LogP contribution < -0.4 is 5.73 Å². The molecule has 0 spiro atoms. The van der Waals surface area contributed by atoms with Crippen molar-refractivity contribution in [2.24, 2.45) is 23.0 Å². The Hall–Kier alpha value is -0.650. The molecule has 24 heavy (non-hydrogen) atoms. The Morgan fingerprint density at radius 2 is 1.83 bits per heavy atom. The van der Waals surface area contributed by atoms with E-state index in [0.29, 0.717) is 11.8 Å². The fourth-order valence-electron chi connectivity index (χ4n) is 5.17. The van der Waals surface area contributed by atoms with E-state index in [4.69, 9.17) is 10.5 Å². The summed E-state index contributed by atoms with van der Waals surface area (Å²) in [5.74, 6) is 0.706. The topological polar surface area (TPSA) is 58.8 Å². The number of nitrogens with zero attached hydrogens (tertiary/aromatic N) is 2. The fraction of sp³-hybridized carbons (Fsp3) is 0.947. The average Bonchev–Trinajstić information content (AvgIpc) is 2.78. The summed E-state index contributed by atoms with van der Waals surface area (Å²) in [6, 6.07) is 0. The number of piperazine rings is 1. The molecule has 0 aromatic heterocycles. The Kier molecular flexibility index (Phi) is 5.83. The van der Waals surface area contributed by atoms with E-state index in [1.54, 1.807) is 0 Å². The maximum Gasteiger partial charge on any atom is 0.223 e. The molecule has 4 atom stereocenters. The summed E-state index contributed by atoms with van der Waals surface area (Å²) < 4.78 is 6.29. The summed E-state index contributed by atoms with van der Waals surface area (Å²) in [4.78, 5) is 17.3. The molecule has 0 radical (unpaired) electrons. The number of hydrogen-bond donors (Lipinski definition) is 1. The highest BCUT2D eigenvalue weighted by Gasteiger charge is 2.48. The van der Waals surface area contributed by atoms with Gasteiger partial charge in [0.2, 0.25) is 5.91 Å². The molecular weight excluding hydrogens is 302 g/mol. The van der Waals surface area contributed by atoms with Crippen molar-refractivity contribution in [3.05, 3.63) is 0 Å². The van der Waals surface area contributed by atoms with E-state index in [0.717, 1.165) is 58.5 Å². The largest absolute Gasteiger partial charge is 0.369 e. The van der Waals surface area contributed by atoms with Crippen molar-refractivity contribution >= 4 is 5.91 Å². The minimum absolute atomic E-state index is 0.0999. The summed E-state index contributed by atoms with van der Waals surface area (Å²) in [5.41, 5.74) is 5.54. The number of nitrogens with two attached hydrogens (primary N) is 1. The summed E-state index contributed by atoms with van der Waals surface area (Å²) in [6.07, 6.45) is 8.10. The van der Waals surface area contributed by atoms with Crippen molar-refractivity contribution in [2.45, 2.75) is 58.1 Å². The Bertz CT molecular complexity index is 436. The van der Waals surface area contributed by atoms with Gasteiger partial charge in [-0.25, -0.2) is 0 Å². The molecule has 1 amide bonds. The van der Waals surface area contributed by atoms with E-state index >= 15 is 0 Å². The van der Waals surface area contributed by atoms with Crippen LogP contribution in [0, 0.1) is 17.3 Å². The van der Waals surface area contributed by atoms with Gasteiger partial charge in [0.25, 0.3) is 0 Å². The van der Waals surface area contributed by atoms with Crippen molar-refractivity contribution in [2.75, 3.05) is 39.8 Å². The number of hydrogen-bond acceptors (Lipinski definition) is 4. The zero-order valence-corrected chi connectivity index (χ0v) is 15.5. The molecule has 3 rings (SSSR count). The van der Waals surface area contributed by atoms with Gasteiger partial charge in [0.05, 0.1) is 0 Å². The van der Waals surface area contributed by atoms with Crippen molar-refractivity contribution in [1.29, 1.82) is 0 Å². The highest BCUT2D eigenvalue weighted by atomic mass is 16.5. The molecule has 2 heterocycles. The second kappa shape index (κ2) is 7.71. The molecule has 0 aromatic rings. The smallest absolute Gasteiger partial charge is 0.223 e. The van der Waals surface area contributed by atoms with Crippen LogP contribution in [0.3, 0.4) is 0 Å². The maximum absolute atomic E-state index is 12.4. The molecule has 138 valence electrons. The number of carbonyl (C=O) groups excluding carboxylic acids is 1. The van der Waals surface area contributed by atoms with Gasteiger partial charge in [-0.2, -0.15) is 0 Å². The predicted molar refractivity (Wildman–Crippen MR) is 95.4 cm³/mol. The van der Waals surface area contributed by atoms with Crippen LogP contribution in [-0.2, 0) is 9.53 Å². The molecule has 3 aliphatic rings.